The normalized spacial score (nSPS) is 13.4. The van der Waals surface area contributed by atoms with Crippen LogP contribution in [0.25, 0.3) is 0 Å². The molecule has 0 rings (SSSR count). The molecular weight excluding hydrogens is 168 g/mol. The topological polar surface area (TPSA) is 27.7 Å². The minimum absolute atomic E-state index is 0.102. The van der Waals surface area contributed by atoms with Gasteiger partial charge in [-0.15, -0.1) is 0 Å². The van der Waals surface area contributed by atoms with E-state index in [0.717, 1.165) is 0 Å². The third kappa shape index (κ3) is 11.9. The summed E-state index contributed by atoms with van der Waals surface area (Å²) in [5, 5.41) is 4.59. The first-order valence-corrected chi connectivity index (χ1v) is 4.62. The number of hydrogen-bond acceptors (Lipinski definition) is 3. The van der Waals surface area contributed by atoms with Gasteiger partial charge in [0.15, 0.2) is 0 Å². The van der Waals surface area contributed by atoms with Gasteiger partial charge in [0.1, 0.15) is 0 Å². The van der Waals surface area contributed by atoms with Crippen molar-refractivity contribution >= 4 is 0 Å². The van der Waals surface area contributed by atoms with Gasteiger partial charge < -0.3 is 0 Å². The average Bonchev–Trinajstić information content (AvgIpc) is 1.81. The lowest BCUT2D eigenvalue weighted by Crippen LogP contribution is -2.18. The van der Waals surface area contributed by atoms with Crippen molar-refractivity contribution < 1.29 is 14.8 Å². The molecule has 80 valence electrons. The zero-order chi connectivity index (χ0) is 10.5. The van der Waals surface area contributed by atoms with E-state index in [9.17, 15) is 0 Å². The average molecular weight is 190 g/mol. The fraction of sp³-hybridized carbons (Fsp3) is 1.00. The van der Waals surface area contributed by atoms with Crippen LogP contribution in [0.15, 0.2) is 0 Å². The van der Waals surface area contributed by atoms with E-state index in [-0.39, 0.29) is 10.8 Å². The molecule has 0 radical (unpaired) electrons. The van der Waals surface area contributed by atoms with Crippen molar-refractivity contribution in [2.24, 2.45) is 10.8 Å². The molecule has 0 aromatic rings. The third-order valence-electron chi connectivity index (χ3n) is 1.08. The molecule has 0 spiro atoms. The van der Waals surface area contributed by atoms with Gasteiger partial charge in [-0.2, -0.15) is 0 Å². The molecule has 3 heteroatoms. The Kier molecular flexibility index (Phi) is 4.89. The smallest absolute Gasteiger partial charge is 0.0902 e. The molecule has 0 N–H and O–H groups in total. The summed E-state index contributed by atoms with van der Waals surface area (Å²) in [7, 11) is 0. The highest BCUT2D eigenvalue weighted by Crippen LogP contribution is 2.15. The molecule has 13 heavy (non-hydrogen) atoms. The Hall–Kier alpha value is -0.120. The second-order valence-electron chi connectivity index (χ2n) is 5.71. The zero-order valence-electron chi connectivity index (χ0n) is 9.64. The Bertz CT molecular complexity index is 114. The van der Waals surface area contributed by atoms with Crippen LogP contribution in [0.5, 0.6) is 0 Å². The van der Waals surface area contributed by atoms with E-state index >= 15 is 0 Å². The lowest BCUT2D eigenvalue weighted by atomic mass is 9.99. The Morgan fingerprint density at radius 2 is 1.00 bits per heavy atom. The maximum absolute atomic E-state index is 4.87. The molecule has 0 fully saturated rings. The molecule has 0 atom stereocenters. The van der Waals surface area contributed by atoms with Crippen LogP contribution in [-0.4, -0.2) is 13.2 Å². The summed E-state index contributed by atoms with van der Waals surface area (Å²) in [6, 6.07) is 0. The molecule has 0 aromatic heterocycles. The summed E-state index contributed by atoms with van der Waals surface area (Å²) in [5.74, 6) is 0. The van der Waals surface area contributed by atoms with E-state index in [1.807, 2.05) is 0 Å². The fourth-order valence-electron chi connectivity index (χ4n) is 0.436. The maximum Gasteiger partial charge on any atom is 0.0902 e. The first kappa shape index (κ1) is 12.9. The molecule has 0 bridgehead atoms. The van der Waals surface area contributed by atoms with Crippen LogP contribution in [0.1, 0.15) is 41.5 Å². The quantitative estimate of drug-likeness (QED) is 0.387. The highest BCUT2D eigenvalue weighted by Gasteiger charge is 2.13. The van der Waals surface area contributed by atoms with Crippen molar-refractivity contribution in [2.45, 2.75) is 41.5 Å². The summed E-state index contributed by atoms with van der Waals surface area (Å²) in [6.45, 7) is 13.5. The lowest BCUT2D eigenvalue weighted by molar-refractivity contribution is -0.521. The van der Waals surface area contributed by atoms with Crippen LogP contribution in [0, 0.1) is 10.8 Å². The second-order valence-corrected chi connectivity index (χ2v) is 5.71. The lowest BCUT2D eigenvalue weighted by Gasteiger charge is -2.18. The van der Waals surface area contributed by atoms with E-state index in [4.69, 9.17) is 9.78 Å². The highest BCUT2D eigenvalue weighted by molar-refractivity contribution is 4.57. The van der Waals surface area contributed by atoms with Crippen LogP contribution in [0.2, 0.25) is 0 Å². The Morgan fingerprint density at radius 3 is 1.23 bits per heavy atom. The summed E-state index contributed by atoms with van der Waals surface area (Å²) >= 11 is 0. The SMILES string of the molecule is CC(C)(C)COOOCC(C)(C)C. The van der Waals surface area contributed by atoms with Crippen LogP contribution in [0.4, 0.5) is 0 Å². The van der Waals surface area contributed by atoms with Crippen LogP contribution in [-0.2, 0) is 14.8 Å². The summed E-state index contributed by atoms with van der Waals surface area (Å²) in [4.78, 5) is 9.74. The fourth-order valence-corrected chi connectivity index (χ4v) is 0.436. The minimum atomic E-state index is 0.102. The van der Waals surface area contributed by atoms with Gasteiger partial charge in [0.2, 0.25) is 0 Å². The predicted octanol–water partition coefficient (Wildman–Crippen LogP) is 2.96. The van der Waals surface area contributed by atoms with Gasteiger partial charge in [0, 0.05) is 0 Å². The van der Waals surface area contributed by atoms with Gasteiger partial charge in [-0.1, -0.05) is 46.6 Å². The van der Waals surface area contributed by atoms with E-state index < -0.39 is 0 Å². The van der Waals surface area contributed by atoms with Crippen molar-refractivity contribution in [1.82, 2.24) is 0 Å². The Labute approximate surface area is 81.2 Å². The van der Waals surface area contributed by atoms with E-state index in [1.54, 1.807) is 0 Å². The zero-order valence-corrected chi connectivity index (χ0v) is 9.64. The molecule has 0 saturated carbocycles. The first-order valence-electron chi connectivity index (χ1n) is 4.62. The van der Waals surface area contributed by atoms with Crippen LogP contribution < -0.4 is 0 Å². The van der Waals surface area contributed by atoms with Crippen LogP contribution >= 0.6 is 0 Å². The molecule has 0 saturated heterocycles. The van der Waals surface area contributed by atoms with Crippen molar-refractivity contribution in [1.29, 1.82) is 0 Å². The molecule has 0 unspecified atom stereocenters. The summed E-state index contributed by atoms with van der Waals surface area (Å²) in [5.41, 5.74) is 0.205. The van der Waals surface area contributed by atoms with Crippen molar-refractivity contribution in [3.05, 3.63) is 0 Å². The molecular formula is C10H22O3. The van der Waals surface area contributed by atoms with Gasteiger partial charge >= 0.3 is 0 Å². The molecule has 3 nitrogen and oxygen atoms in total. The van der Waals surface area contributed by atoms with Gasteiger partial charge in [-0.3, -0.25) is 0 Å². The molecule has 0 heterocycles. The van der Waals surface area contributed by atoms with E-state index in [1.165, 1.54) is 0 Å². The minimum Gasteiger partial charge on any atom is -0.206 e. The number of rotatable bonds is 4. The van der Waals surface area contributed by atoms with Crippen LogP contribution in [0.3, 0.4) is 0 Å². The van der Waals surface area contributed by atoms with Gasteiger partial charge in [0.05, 0.1) is 13.2 Å². The van der Waals surface area contributed by atoms with Gasteiger partial charge in [-0.25, -0.2) is 9.78 Å². The summed E-state index contributed by atoms with van der Waals surface area (Å²) < 4.78 is 0. The molecule has 0 aliphatic carbocycles. The third-order valence-corrected chi connectivity index (χ3v) is 1.08. The molecule has 0 amide bonds. The van der Waals surface area contributed by atoms with Crippen molar-refractivity contribution in [3.8, 4) is 0 Å². The van der Waals surface area contributed by atoms with E-state index in [0.29, 0.717) is 13.2 Å². The first-order chi connectivity index (χ1) is 5.71. The molecule has 0 aromatic carbocycles. The molecule has 0 aliphatic heterocycles. The highest BCUT2D eigenvalue weighted by atomic mass is 17.5. The second kappa shape index (κ2) is 4.94. The number of hydrogen-bond donors (Lipinski definition) is 0. The van der Waals surface area contributed by atoms with E-state index in [2.05, 4.69) is 46.6 Å². The van der Waals surface area contributed by atoms with Crippen molar-refractivity contribution in [3.63, 3.8) is 0 Å². The predicted molar refractivity (Wildman–Crippen MR) is 51.9 cm³/mol. The standard InChI is InChI=1S/C10H22O3/c1-9(2,3)7-11-13-12-8-10(4,5)6/h7-8H2,1-6H3. The van der Waals surface area contributed by atoms with Crippen molar-refractivity contribution in [2.75, 3.05) is 13.2 Å². The van der Waals surface area contributed by atoms with Gasteiger partial charge in [-0.05, 0) is 10.8 Å². The maximum atomic E-state index is 4.87. The monoisotopic (exact) mass is 190 g/mol. The Balaban J connectivity index is 3.28. The summed E-state index contributed by atoms with van der Waals surface area (Å²) in [6.07, 6.45) is 0. The molecule has 0 aliphatic rings. The largest absolute Gasteiger partial charge is 0.206 e. The van der Waals surface area contributed by atoms with Gasteiger partial charge in [0.25, 0.3) is 0 Å². The Morgan fingerprint density at radius 1 is 0.692 bits per heavy atom.